The smallest absolute Gasteiger partial charge is 0.249 e. The molecule has 2 amide bonds. The Bertz CT molecular complexity index is 473. The molecule has 0 saturated carbocycles. The van der Waals surface area contributed by atoms with Crippen molar-refractivity contribution in [3.8, 4) is 0 Å². The van der Waals surface area contributed by atoms with Gasteiger partial charge in [-0.05, 0) is 12.1 Å². The highest BCUT2D eigenvalue weighted by molar-refractivity contribution is 6.39. The van der Waals surface area contributed by atoms with Gasteiger partial charge in [0.05, 0.1) is 22.3 Å². The first-order valence-electron chi connectivity index (χ1n) is 5.20. The van der Waals surface area contributed by atoms with E-state index in [1.165, 1.54) is 0 Å². The van der Waals surface area contributed by atoms with Gasteiger partial charge >= 0.3 is 0 Å². The van der Waals surface area contributed by atoms with Crippen molar-refractivity contribution in [2.45, 2.75) is 6.04 Å². The molecule has 1 aliphatic heterocycles. The summed E-state index contributed by atoms with van der Waals surface area (Å²) in [6.45, 7) is 0.0935. The van der Waals surface area contributed by atoms with Crippen molar-refractivity contribution in [2.75, 3.05) is 18.5 Å². The molecule has 0 aromatic heterocycles. The Morgan fingerprint density at radius 3 is 2.67 bits per heavy atom. The molecule has 1 aromatic carbocycles. The number of ether oxygens (including phenoxy) is 1. The Labute approximate surface area is 113 Å². The van der Waals surface area contributed by atoms with Crippen molar-refractivity contribution in [3.63, 3.8) is 0 Å². The normalized spacial score (nSPS) is 19.2. The zero-order chi connectivity index (χ0) is 13.1. The number of morpholine rings is 1. The number of amides is 2. The largest absolute Gasteiger partial charge is 0.369 e. The molecule has 0 bridgehead atoms. The van der Waals surface area contributed by atoms with Gasteiger partial charge in [0, 0.05) is 0 Å². The van der Waals surface area contributed by atoms with Gasteiger partial charge in [-0.3, -0.25) is 9.59 Å². The second kappa shape index (κ2) is 5.56. The topological polar surface area (TPSA) is 67.4 Å². The lowest BCUT2D eigenvalue weighted by Gasteiger charge is -2.23. The fraction of sp³-hybridized carbons (Fsp3) is 0.273. The van der Waals surface area contributed by atoms with Crippen LogP contribution in [0.5, 0.6) is 0 Å². The van der Waals surface area contributed by atoms with Crippen LogP contribution in [0.1, 0.15) is 0 Å². The fourth-order valence-electron chi connectivity index (χ4n) is 1.52. The maximum absolute atomic E-state index is 11.9. The van der Waals surface area contributed by atoms with E-state index in [0.717, 1.165) is 0 Å². The number of para-hydroxylation sites is 1. The van der Waals surface area contributed by atoms with Gasteiger partial charge in [0.1, 0.15) is 12.6 Å². The second-order valence-corrected chi connectivity index (χ2v) is 4.54. The predicted molar refractivity (Wildman–Crippen MR) is 67.8 cm³/mol. The average Bonchev–Trinajstić information content (AvgIpc) is 2.34. The molecule has 1 saturated heterocycles. The minimum atomic E-state index is -0.737. The zero-order valence-corrected chi connectivity index (χ0v) is 10.7. The molecule has 96 valence electrons. The second-order valence-electron chi connectivity index (χ2n) is 3.72. The van der Waals surface area contributed by atoms with Crippen molar-refractivity contribution in [3.05, 3.63) is 28.2 Å². The van der Waals surface area contributed by atoms with Gasteiger partial charge in [-0.25, -0.2) is 0 Å². The molecule has 5 nitrogen and oxygen atoms in total. The first-order chi connectivity index (χ1) is 8.58. The number of carbonyl (C=O) groups excluding carboxylic acids is 2. The Morgan fingerprint density at radius 2 is 2.06 bits per heavy atom. The van der Waals surface area contributed by atoms with Crippen LogP contribution in [0, 0.1) is 0 Å². The van der Waals surface area contributed by atoms with Gasteiger partial charge in [-0.2, -0.15) is 0 Å². The number of rotatable bonds is 2. The molecule has 1 atom stereocenters. The van der Waals surface area contributed by atoms with Crippen LogP contribution in [-0.4, -0.2) is 31.1 Å². The number of hydrogen-bond donors (Lipinski definition) is 2. The molecule has 18 heavy (non-hydrogen) atoms. The number of halogens is 2. The van der Waals surface area contributed by atoms with Crippen LogP contribution in [0.4, 0.5) is 5.69 Å². The van der Waals surface area contributed by atoms with E-state index in [4.69, 9.17) is 27.9 Å². The molecule has 0 radical (unpaired) electrons. The van der Waals surface area contributed by atoms with Crippen molar-refractivity contribution in [1.29, 1.82) is 0 Å². The van der Waals surface area contributed by atoms with Gasteiger partial charge in [0.15, 0.2) is 0 Å². The van der Waals surface area contributed by atoms with Gasteiger partial charge < -0.3 is 15.4 Å². The summed E-state index contributed by atoms with van der Waals surface area (Å²) in [4.78, 5) is 23.0. The number of anilines is 1. The van der Waals surface area contributed by atoms with Crippen molar-refractivity contribution >= 4 is 40.7 Å². The molecular formula is C11H10Cl2N2O3. The molecule has 2 rings (SSSR count). The fourth-order valence-corrected chi connectivity index (χ4v) is 2.01. The Kier molecular flexibility index (Phi) is 4.06. The van der Waals surface area contributed by atoms with E-state index in [-0.39, 0.29) is 19.1 Å². The standard InChI is InChI=1S/C11H10Cl2N2O3/c12-6-2-1-3-7(13)10(6)15-11(17)8-4-18-5-9(16)14-8/h1-3,8H,4-5H2,(H,14,16)(H,15,17). The number of benzene rings is 1. The van der Waals surface area contributed by atoms with Crippen LogP contribution < -0.4 is 10.6 Å². The summed E-state index contributed by atoms with van der Waals surface area (Å²) >= 11 is 11.8. The summed E-state index contributed by atoms with van der Waals surface area (Å²) in [5.74, 6) is -0.746. The van der Waals surface area contributed by atoms with Gasteiger partial charge in [-0.15, -0.1) is 0 Å². The summed E-state index contributed by atoms with van der Waals surface area (Å²) in [5.41, 5.74) is 0.325. The Hall–Kier alpha value is -1.30. The Balaban J connectivity index is 2.09. The molecule has 1 aliphatic rings. The molecule has 1 aromatic rings. The van der Waals surface area contributed by atoms with Crippen LogP contribution in [0.2, 0.25) is 10.0 Å². The molecule has 0 spiro atoms. The van der Waals surface area contributed by atoms with E-state index in [1.807, 2.05) is 0 Å². The van der Waals surface area contributed by atoms with E-state index in [2.05, 4.69) is 10.6 Å². The minimum absolute atomic E-state index is 0.0311. The molecule has 0 aliphatic carbocycles. The van der Waals surface area contributed by atoms with Gasteiger partial charge in [-0.1, -0.05) is 29.3 Å². The first-order valence-corrected chi connectivity index (χ1v) is 5.95. The number of carbonyl (C=O) groups is 2. The quantitative estimate of drug-likeness (QED) is 0.866. The monoisotopic (exact) mass is 288 g/mol. The maximum atomic E-state index is 11.9. The molecular weight excluding hydrogens is 279 g/mol. The van der Waals surface area contributed by atoms with Gasteiger partial charge in [0.2, 0.25) is 11.8 Å². The lowest BCUT2D eigenvalue weighted by molar-refractivity contribution is -0.136. The van der Waals surface area contributed by atoms with Crippen LogP contribution in [0.15, 0.2) is 18.2 Å². The lowest BCUT2D eigenvalue weighted by atomic mass is 10.2. The van der Waals surface area contributed by atoms with E-state index < -0.39 is 11.9 Å². The highest BCUT2D eigenvalue weighted by Gasteiger charge is 2.26. The van der Waals surface area contributed by atoms with E-state index in [9.17, 15) is 9.59 Å². The minimum Gasteiger partial charge on any atom is -0.369 e. The summed E-state index contributed by atoms with van der Waals surface area (Å²) in [5, 5.41) is 5.75. The van der Waals surface area contributed by atoms with E-state index >= 15 is 0 Å². The van der Waals surface area contributed by atoms with E-state index in [0.29, 0.717) is 15.7 Å². The van der Waals surface area contributed by atoms with Crippen molar-refractivity contribution in [2.24, 2.45) is 0 Å². The first kappa shape index (κ1) is 13.1. The summed E-state index contributed by atoms with van der Waals surface area (Å²) < 4.78 is 4.97. The van der Waals surface area contributed by atoms with Crippen LogP contribution in [0.25, 0.3) is 0 Å². The molecule has 2 N–H and O–H groups in total. The summed E-state index contributed by atoms with van der Waals surface area (Å²) in [6, 6.07) is 4.16. The summed E-state index contributed by atoms with van der Waals surface area (Å²) in [6.07, 6.45) is 0. The molecule has 1 fully saturated rings. The lowest BCUT2D eigenvalue weighted by Crippen LogP contribution is -2.52. The summed E-state index contributed by atoms with van der Waals surface area (Å²) in [7, 11) is 0. The maximum Gasteiger partial charge on any atom is 0.249 e. The van der Waals surface area contributed by atoms with Crippen molar-refractivity contribution < 1.29 is 14.3 Å². The third kappa shape index (κ3) is 2.93. The Morgan fingerprint density at radius 1 is 1.39 bits per heavy atom. The van der Waals surface area contributed by atoms with Crippen LogP contribution >= 0.6 is 23.2 Å². The third-order valence-corrected chi connectivity index (χ3v) is 3.01. The highest BCUT2D eigenvalue weighted by atomic mass is 35.5. The molecule has 1 heterocycles. The SMILES string of the molecule is O=C1COCC(C(=O)Nc2c(Cl)cccc2Cl)N1. The van der Waals surface area contributed by atoms with Gasteiger partial charge in [0.25, 0.3) is 0 Å². The predicted octanol–water partition coefficient (Wildman–Crippen LogP) is 1.45. The molecule has 7 heteroatoms. The van der Waals surface area contributed by atoms with Crippen LogP contribution in [-0.2, 0) is 14.3 Å². The third-order valence-electron chi connectivity index (χ3n) is 2.38. The molecule has 1 unspecified atom stereocenters. The van der Waals surface area contributed by atoms with Crippen molar-refractivity contribution in [1.82, 2.24) is 5.32 Å². The highest BCUT2D eigenvalue weighted by Crippen LogP contribution is 2.29. The number of hydrogen-bond acceptors (Lipinski definition) is 3. The average molecular weight is 289 g/mol. The van der Waals surface area contributed by atoms with Crippen LogP contribution in [0.3, 0.4) is 0 Å². The van der Waals surface area contributed by atoms with E-state index in [1.54, 1.807) is 18.2 Å². The number of nitrogens with one attached hydrogen (secondary N) is 2. The zero-order valence-electron chi connectivity index (χ0n) is 9.20.